The molecule has 20 heavy (non-hydrogen) atoms. The molecule has 0 aliphatic heterocycles. The molecule has 104 valence electrons. The molecule has 3 rings (SSSR count). The summed E-state index contributed by atoms with van der Waals surface area (Å²) in [6.45, 7) is 4.53. The van der Waals surface area contributed by atoms with Crippen LogP contribution >= 0.6 is 0 Å². The van der Waals surface area contributed by atoms with Crippen LogP contribution in [0.1, 0.15) is 36.8 Å². The minimum Gasteiger partial charge on any atom is -0.315 e. The molecule has 0 atom stereocenters. The molecule has 1 aliphatic carbocycles. The normalized spacial score (nSPS) is 16.3. The van der Waals surface area contributed by atoms with Crippen LogP contribution in [0.2, 0.25) is 0 Å². The highest BCUT2D eigenvalue weighted by Crippen LogP contribution is 2.44. The summed E-state index contributed by atoms with van der Waals surface area (Å²) in [5.74, 6) is 0.444. The van der Waals surface area contributed by atoms with E-state index in [2.05, 4.69) is 72.9 Å². The van der Waals surface area contributed by atoms with Crippen LogP contribution in [-0.2, 0) is 0 Å². The fourth-order valence-electron chi connectivity index (χ4n) is 2.71. The van der Waals surface area contributed by atoms with Gasteiger partial charge in [-0.1, -0.05) is 67.6 Å². The van der Waals surface area contributed by atoms with Crippen molar-refractivity contribution in [3.63, 3.8) is 0 Å². The molecule has 1 aliphatic rings. The maximum atomic E-state index is 3.68. The van der Waals surface area contributed by atoms with E-state index >= 15 is 0 Å². The summed E-state index contributed by atoms with van der Waals surface area (Å²) < 4.78 is 0. The Bertz CT molecular complexity index is 489. The molecule has 1 nitrogen and oxygen atoms in total. The fourth-order valence-corrected chi connectivity index (χ4v) is 2.71. The molecular formula is C19H23N. The molecule has 0 unspecified atom stereocenters. The average molecular weight is 265 g/mol. The van der Waals surface area contributed by atoms with Crippen molar-refractivity contribution >= 4 is 0 Å². The summed E-state index contributed by atoms with van der Waals surface area (Å²) in [5.41, 5.74) is 3.36. The van der Waals surface area contributed by atoms with Crippen molar-refractivity contribution in [3.8, 4) is 0 Å². The van der Waals surface area contributed by atoms with Gasteiger partial charge < -0.3 is 5.32 Å². The van der Waals surface area contributed by atoms with Gasteiger partial charge in [-0.3, -0.25) is 0 Å². The van der Waals surface area contributed by atoms with Gasteiger partial charge in [0, 0.05) is 19.0 Å². The fraction of sp³-hybridized carbons (Fsp3) is 0.368. The SMILES string of the molecule is CC1(CNCC(c2ccccc2)c2ccccc2)CC1. The van der Waals surface area contributed by atoms with Crippen LogP contribution in [0, 0.1) is 5.41 Å². The Hall–Kier alpha value is -1.60. The Balaban J connectivity index is 1.73. The minimum absolute atomic E-state index is 0.444. The van der Waals surface area contributed by atoms with Crippen molar-refractivity contribution < 1.29 is 0 Å². The van der Waals surface area contributed by atoms with E-state index < -0.39 is 0 Å². The highest BCUT2D eigenvalue weighted by molar-refractivity contribution is 5.32. The molecule has 2 aromatic rings. The standard InChI is InChI=1S/C19H23N/c1-19(12-13-19)15-20-14-18(16-8-4-2-5-9-16)17-10-6-3-7-11-17/h2-11,18,20H,12-15H2,1H3. The predicted molar refractivity (Wildman–Crippen MR) is 84.9 cm³/mol. The van der Waals surface area contributed by atoms with Crippen molar-refractivity contribution in [1.82, 2.24) is 5.32 Å². The van der Waals surface area contributed by atoms with Gasteiger partial charge in [-0.05, 0) is 29.4 Å². The Labute approximate surface area is 122 Å². The van der Waals surface area contributed by atoms with E-state index in [0.29, 0.717) is 11.3 Å². The van der Waals surface area contributed by atoms with Crippen LogP contribution in [0.5, 0.6) is 0 Å². The van der Waals surface area contributed by atoms with Crippen LogP contribution < -0.4 is 5.32 Å². The third kappa shape index (κ3) is 3.29. The smallest absolute Gasteiger partial charge is 0.0214 e. The summed E-state index contributed by atoms with van der Waals surface area (Å²) in [6.07, 6.45) is 2.75. The largest absolute Gasteiger partial charge is 0.315 e. The van der Waals surface area contributed by atoms with Gasteiger partial charge in [-0.2, -0.15) is 0 Å². The summed E-state index contributed by atoms with van der Waals surface area (Å²) >= 11 is 0. The van der Waals surface area contributed by atoms with E-state index in [0.717, 1.165) is 13.1 Å². The van der Waals surface area contributed by atoms with Gasteiger partial charge in [0.1, 0.15) is 0 Å². The van der Waals surface area contributed by atoms with Crippen molar-refractivity contribution in [2.45, 2.75) is 25.7 Å². The van der Waals surface area contributed by atoms with Crippen LogP contribution in [0.4, 0.5) is 0 Å². The molecule has 0 radical (unpaired) electrons. The van der Waals surface area contributed by atoms with Crippen LogP contribution in [0.25, 0.3) is 0 Å². The summed E-state index contributed by atoms with van der Waals surface area (Å²) in [7, 11) is 0. The lowest BCUT2D eigenvalue weighted by molar-refractivity contribution is 0.490. The van der Waals surface area contributed by atoms with Crippen molar-refractivity contribution in [2.24, 2.45) is 5.41 Å². The number of hydrogen-bond acceptors (Lipinski definition) is 1. The predicted octanol–water partition coefficient (Wildman–Crippen LogP) is 4.21. The van der Waals surface area contributed by atoms with Crippen LogP contribution in [0.3, 0.4) is 0 Å². The highest BCUT2D eigenvalue weighted by atomic mass is 14.9. The van der Waals surface area contributed by atoms with Gasteiger partial charge in [0.25, 0.3) is 0 Å². The molecule has 2 aromatic carbocycles. The van der Waals surface area contributed by atoms with E-state index in [4.69, 9.17) is 0 Å². The van der Waals surface area contributed by atoms with Gasteiger partial charge in [-0.15, -0.1) is 0 Å². The zero-order valence-electron chi connectivity index (χ0n) is 12.2. The zero-order valence-corrected chi connectivity index (χ0v) is 12.2. The lowest BCUT2D eigenvalue weighted by Crippen LogP contribution is -2.27. The van der Waals surface area contributed by atoms with Gasteiger partial charge in [0.2, 0.25) is 0 Å². The van der Waals surface area contributed by atoms with E-state index in [1.54, 1.807) is 0 Å². The molecule has 0 aromatic heterocycles. The summed E-state index contributed by atoms with van der Waals surface area (Å²) in [5, 5.41) is 3.68. The van der Waals surface area contributed by atoms with Crippen LogP contribution in [-0.4, -0.2) is 13.1 Å². The average Bonchev–Trinajstić information content (AvgIpc) is 3.23. The highest BCUT2D eigenvalue weighted by Gasteiger charge is 2.36. The molecule has 0 saturated heterocycles. The van der Waals surface area contributed by atoms with E-state index in [-0.39, 0.29) is 0 Å². The van der Waals surface area contributed by atoms with Gasteiger partial charge in [0.05, 0.1) is 0 Å². The first kappa shape index (κ1) is 13.4. The first-order chi connectivity index (χ1) is 9.77. The van der Waals surface area contributed by atoms with Gasteiger partial charge in [-0.25, -0.2) is 0 Å². The number of benzene rings is 2. The number of nitrogens with one attached hydrogen (secondary N) is 1. The maximum Gasteiger partial charge on any atom is 0.0214 e. The third-order valence-electron chi connectivity index (χ3n) is 4.41. The second kappa shape index (κ2) is 5.80. The molecule has 1 heteroatoms. The molecule has 1 saturated carbocycles. The lowest BCUT2D eigenvalue weighted by atomic mass is 9.91. The topological polar surface area (TPSA) is 12.0 Å². The first-order valence-corrected chi connectivity index (χ1v) is 7.57. The monoisotopic (exact) mass is 265 g/mol. The van der Waals surface area contributed by atoms with Crippen molar-refractivity contribution in [1.29, 1.82) is 0 Å². The second-order valence-corrected chi connectivity index (χ2v) is 6.32. The van der Waals surface area contributed by atoms with E-state index in [1.165, 1.54) is 24.0 Å². The molecule has 0 spiro atoms. The molecule has 0 bridgehead atoms. The number of hydrogen-bond donors (Lipinski definition) is 1. The summed E-state index contributed by atoms with van der Waals surface area (Å²) in [4.78, 5) is 0. The van der Waals surface area contributed by atoms with Crippen molar-refractivity contribution in [3.05, 3.63) is 71.8 Å². The Morgan fingerprint density at radius 2 is 1.40 bits per heavy atom. The minimum atomic E-state index is 0.444. The molecule has 1 N–H and O–H groups in total. The van der Waals surface area contributed by atoms with Gasteiger partial charge >= 0.3 is 0 Å². The van der Waals surface area contributed by atoms with E-state index in [9.17, 15) is 0 Å². The Kier molecular flexibility index (Phi) is 3.88. The van der Waals surface area contributed by atoms with Gasteiger partial charge in [0.15, 0.2) is 0 Å². The Morgan fingerprint density at radius 3 is 1.85 bits per heavy atom. The van der Waals surface area contributed by atoms with Crippen molar-refractivity contribution in [2.75, 3.05) is 13.1 Å². The first-order valence-electron chi connectivity index (χ1n) is 7.57. The van der Waals surface area contributed by atoms with E-state index in [1.807, 2.05) is 0 Å². The quantitative estimate of drug-likeness (QED) is 0.825. The lowest BCUT2D eigenvalue weighted by Gasteiger charge is -2.20. The summed E-state index contributed by atoms with van der Waals surface area (Å²) in [6, 6.07) is 21.6. The second-order valence-electron chi connectivity index (χ2n) is 6.32. The van der Waals surface area contributed by atoms with Crippen LogP contribution in [0.15, 0.2) is 60.7 Å². The molecule has 0 heterocycles. The zero-order chi connectivity index (χ0) is 13.8. The maximum absolute atomic E-state index is 3.68. The molecule has 0 amide bonds. The molecule has 1 fully saturated rings. The molecular weight excluding hydrogens is 242 g/mol. The third-order valence-corrected chi connectivity index (χ3v) is 4.41. The number of rotatable bonds is 6. The Morgan fingerprint density at radius 1 is 0.900 bits per heavy atom.